The molecule has 0 saturated carbocycles. The van der Waals surface area contributed by atoms with Gasteiger partial charge in [-0.1, -0.05) is 44.2 Å². The van der Waals surface area contributed by atoms with Crippen molar-refractivity contribution in [1.29, 1.82) is 0 Å². The molecule has 4 amide bonds. The average Bonchev–Trinajstić information content (AvgIpc) is 2.88. The number of nitrogens with zero attached hydrogens (tertiary/aromatic N) is 1. The van der Waals surface area contributed by atoms with Crippen molar-refractivity contribution in [2.24, 2.45) is 28.1 Å². The van der Waals surface area contributed by atoms with E-state index >= 15 is 0 Å². The zero-order valence-electron chi connectivity index (χ0n) is 23.2. The molecule has 0 unspecified atom stereocenters. The van der Waals surface area contributed by atoms with Crippen molar-refractivity contribution in [3.05, 3.63) is 35.9 Å². The summed E-state index contributed by atoms with van der Waals surface area (Å²) < 4.78 is 0. The quantitative estimate of drug-likeness (QED) is 0.0613. The van der Waals surface area contributed by atoms with Crippen LogP contribution in [0.25, 0.3) is 0 Å². The zero-order valence-corrected chi connectivity index (χ0v) is 23.2. The van der Waals surface area contributed by atoms with Gasteiger partial charge < -0.3 is 43.6 Å². The molecule has 1 rings (SSSR count). The number of hydrogen-bond acceptors (Lipinski definition) is 7. The molecule has 14 nitrogen and oxygen atoms in total. The van der Waals surface area contributed by atoms with Crippen LogP contribution < -0.4 is 38.5 Å². The molecule has 0 aliphatic rings. The maximum absolute atomic E-state index is 13.1. The van der Waals surface area contributed by atoms with Gasteiger partial charge in [-0.15, -0.1) is 0 Å². The van der Waals surface area contributed by atoms with Gasteiger partial charge in [-0.25, -0.2) is 4.79 Å². The van der Waals surface area contributed by atoms with Gasteiger partial charge in [0.25, 0.3) is 0 Å². The van der Waals surface area contributed by atoms with E-state index in [9.17, 15) is 29.1 Å². The van der Waals surface area contributed by atoms with Crippen molar-refractivity contribution < 1.29 is 29.1 Å². The normalized spacial score (nSPS) is 13.7. The molecule has 0 aromatic heterocycles. The van der Waals surface area contributed by atoms with Gasteiger partial charge in [-0.2, -0.15) is 0 Å². The Kier molecular flexibility index (Phi) is 14.7. The van der Waals surface area contributed by atoms with E-state index in [0.717, 1.165) is 5.56 Å². The Labute approximate surface area is 233 Å². The number of carbonyl (C=O) groups is 5. The van der Waals surface area contributed by atoms with Crippen LogP contribution in [0, 0.1) is 5.92 Å². The molecule has 0 fully saturated rings. The molecule has 0 aliphatic heterocycles. The van der Waals surface area contributed by atoms with Crippen LogP contribution in [0.15, 0.2) is 35.3 Å². The smallest absolute Gasteiger partial charge is 0.326 e. The fraction of sp³-hybridized carbons (Fsp3) is 0.538. The lowest BCUT2D eigenvalue weighted by Gasteiger charge is -2.23. The predicted octanol–water partition coefficient (Wildman–Crippen LogP) is -1.67. The number of carboxylic acids is 1. The Morgan fingerprint density at radius 2 is 1.55 bits per heavy atom. The highest BCUT2D eigenvalue weighted by Gasteiger charge is 2.27. The summed E-state index contributed by atoms with van der Waals surface area (Å²) in [6.45, 7) is 5.04. The fourth-order valence-corrected chi connectivity index (χ4v) is 3.66. The van der Waals surface area contributed by atoms with E-state index in [1.165, 1.54) is 6.92 Å². The van der Waals surface area contributed by atoms with Crippen LogP contribution in [0.4, 0.5) is 0 Å². The molecule has 40 heavy (non-hydrogen) atoms. The lowest BCUT2D eigenvalue weighted by molar-refractivity contribution is -0.142. The minimum atomic E-state index is -1.25. The van der Waals surface area contributed by atoms with E-state index in [1.807, 2.05) is 13.8 Å². The summed E-state index contributed by atoms with van der Waals surface area (Å²) in [4.78, 5) is 65.8. The molecule has 0 aliphatic carbocycles. The number of benzene rings is 1. The number of rotatable bonds is 17. The van der Waals surface area contributed by atoms with E-state index in [0.29, 0.717) is 12.8 Å². The fourth-order valence-electron chi connectivity index (χ4n) is 3.66. The van der Waals surface area contributed by atoms with Gasteiger partial charge in [0.1, 0.15) is 18.1 Å². The third kappa shape index (κ3) is 13.6. The minimum Gasteiger partial charge on any atom is -0.480 e. The van der Waals surface area contributed by atoms with Gasteiger partial charge in [-0.3, -0.25) is 24.2 Å². The molecule has 222 valence electrons. The van der Waals surface area contributed by atoms with Crippen LogP contribution >= 0.6 is 0 Å². The monoisotopic (exact) mass is 562 g/mol. The molecule has 0 saturated heterocycles. The average molecular weight is 563 g/mol. The zero-order chi connectivity index (χ0) is 30.2. The van der Waals surface area contributed by atoms with E-state index in [1.54, 1.807) is 30.3 Å². The number of amides is 4. The summed E-state index contributed by atoms with van der Waals surface area (Å²) in [6, 6.07) is 4.72. The molecule has 1 aromatic carbocycles. The second-order valence-corrected chi connectivity index (χ2v) is 9.84. The highest BCUT2D eigenvalue weighted by Crippen LogP contribution is 2.05. The Hall–Kier alpha value is -4.20. The number of carboxylic acid groups (broad SMARTS) is 1. The van der Waals surface area contributed by atoms with Crippen molar-refractivity contribution in [3.63, 3.8) is 0 Å². The predicted molar refractivity (Wildman–Crippen MR) is 150 cm³/mol. The van der Waals surface area contributed by atoms with Crippen molar-refractivity contribution in [3.8, 4) is 0 Å². The van der Waals surface area contributed by atoms with E-state index in [2.05, 4.69) is 26.3 Å². The lowest BCUT2D eigenvalue weighted by Crippen LogP contribution is -2.56. The van der Waals surface area contributed by atoms with Gasteiger partial charge in [0.2, 0.25) is 23.6 Å². The highest BCUT2D eigenvalue weighted by atomic mass is 16.4. The second-order valence-electron chi connectivity index (χ2n) is 9.84. The second kappa shape index (κ2) is 17.4. The maximum Gasteiger partial charge on any atom is 0.326 e. The summed E-state index contributed by atoms with van der Waals surface area (Å²) in [5.41, 5.74) is 17.1. The number of nitrogens with one attached hydrogen (secondary N) is 4. The molecular weight excluding hydrogens is 520 g/mol. The maximum atomic E-state index is 13.1. The van der Waals surface area contributed by atoms with Gasteiger partial charge in [-0.05, 0) is 37.7 Å². The third-order valence-electron chi connectivity index (χ3n) is 5.73. The number of nitrogens with two attached hydrogens (primary N) is 3. The molecule has 0 radical (unpaired) electrons. The number of carbonyl (C=O) groups excluding carboxylic acids is 4. The topological polar surface area (TPSA) is 244 Å². The van der Waals surface area contributed by atoms with Crippen LogP contribution in [-0.2, 0) is 30.4 Å². The number of guanidine groups is 1. The minimum absolute atomic E-state index is 0.0672. The number of aliphatic carboxylic acids is 1. The Bertz CT molecular complexity index is 1030. The molecular formula is C26H42N8O6. The first-order valence-corrected chi connectivity index (χ1v) is 13.1. The van der Waals surface area contributed by atoms with Crippen molar-refractivity contribution in [1.82, 2.24) is 21.3 Å². The largest absolute Gasteiger partial charge is 0.480 e. The van der Waals surface area contributed by atoms with Gasteiger partial charge in [0, 0.05) is 13.0 Å². The molecule has 1 aromatic rings. The molecule has 14 heteroatoms. The standard InChI is InChI=1S/C26H42N8O6/c1-15(2)12-18(27)23(37)31-14-21(35)33-20(13-17-8-5-4-6-9-17)24(38)32-16(3)22(36)34-19(25(39)40)10-7-11-30-26(28)29/h4-6,8-9,15-16,18-20H,7,10-14,27H2,1-3H3,(H,31,37)(H,32,38)(H,33,35)(H,34,36)(H,39,40)(H4,28,29,30)/t16-,18-,19-,20-/m0/s1. The first-order valence-electron chi connectivity index (χ1n) is 13.1. The Balaban J connectivity index is 2.81. The van der Waals surface area contributed by atoms with Crippen LogP contribution in [0.3, 0.4) is 0 Å². The summed E-state index contributed by atoms with van der Waals surface area (Å²) in [5, 5.41) is 19.4. The lowest BCUT2D eigenvalue weighted by atomic mass is 10.0. The third-order valence-corrected chi connectivity index (χ3v) is 5.73. The van der Waals surface area contributed by atoms with Gasteiger partial charge in [0.15, 0.2) is 5.96 Å². The Morgan fingerprint density at radius 3 is 2.12 bits per heavy atom. The molecule has 4 atom stereocenters. The molecule has 11 N–H and O–H groups in total. The first kappa shape index (κ1) is 33.8. The van der Waals surface area contributed by atoms with Crippen LogP contribution in [0.2, 0.25) is 0 Å². The molecule has 0 heterocycles. The summed E-state index contributed by atoms with van der Waals surface area (Å²) >= 11 is 0. The van der Waals surface area contributed by atoms with Crippen molar-refractivity contribution >= 4 is 35.6 Å². The molecule has 0 bridgehead atoms. The summed E-state index contributed by atoms with van der Waals surface area (Å²) in [6.07, 6.45) is 0.930. The number of hydrogen-bond donors (Lipinski definition) is 8. The van der Waals surface area contributed by atoms with Crippen molar-refractivity contribution in [2.45, 2.75) is 70.6 Å². The van der Waals surface area contributed by atoms with Crippen LogP contribution in [-0.4, -0.2) is 77.9 Å². The van der Waals surface area contributed by atoms with Gasteiger partial charge >= 0.3 is 5.97 Å². The van der Waals surface area contributed by atoms with Gasteiger partial charge in [0.05, 0.1) is 12.6 Å². The summed E-state index contributed by atoms with van der Waals surface area (Å²) in [5.74, 6) is -3.67. The van der Waals surface area contributed by atoms with Crippen LogP contribution in [0.5, 0.6) is 0 Å². The number of aliphatic imine (C=N–C) groups is 1. The first-order chi connectivity index (χ1) is 18.8. The highest BCUT2D eigenvalue weighted by molar-refractivity contribution is 5.94. The SMILES string of the molecule is CC(C)C[C@H](N)C(=O)NCC(=O)N[C@@H](Cc1ccccc1)C(=O)N[C@@H](C)C(=O)N[C@@H](CCCN=C(N)N)C(=O)O. The van der Waals surface area contributed by atoms with E-state index < -0.39 is 53.8 Å². The van der Waals surface area contributed by atoms with Crippen molar-refractivity contribution in [2.75, 3.05) is 13.1 Å². The van der Waals surface area contributed by atoms with Crippen LogP contribution in [0.1, 0.15) is 45.6 Å². The van der Waals surface area contributed by atoms with E-state index in [4.69, 9.17) is 17.2 Å². The summed E-state index contributed by atoms with van der Waals surface area (Å²) in [7, 11) is 0. The molecule has 0 spiro atoms. The van der Waals surface area contributed by atoms with E-state index in [-0.39, 0.29) is 37.8 Å². The Morgan fingerprint density at radius 1 is 0.900 bits per heavy atom.